The largest absolute Gasteiger partial charge is 0.477 e. The Morgan fingerprint density at radius 2 is 0.687 bits per heavy atom. The molecule has 0 saturated carbocycles. The number of hydrogen-bond acceptors (Lipinski definition) is 7. The van der Waals surface area contributed by atoms with E-state index in [0.717, 1.165) is 83.5 Å². The van der Waals surface area contributed by atoms with Crippen molar-refractivity contribution in [1.29, 1.82) is 0 Å². The van der Waals surface area contributed by atoms with Crippen LogP contribution in [0.1, 0.15) is 309 Å². The second-order valence-electron chi connectivity index (χ2n) is 24.5. The Labute approximate surface area is 512 Å². The van der Waals surface area contributed by atoms with Crippen molar-refractivity contribution >= 4 is 17.9 Å². The fourth-order valence-corrected chi connectivity index (χ4v) is 9.88. The molecule has 0 amide bonds. The highest BCUT2D eigenvalue weighted by atomic mass is 16.7. The summed E-state index contributed by atoms with van der Waals surface area (Å²) in [5, 5.41) is 9.74. The lowest BCUT2D eigenvalue weighted by Gasteiger charge is -2.25. The van der Waals surface area contributed by atoms with Crippen LogP contribution < -0.4 is 0 Å². The molecule has 0 aliphatic rings. The standard InChI is InChI=1S/C74H131NO8/c1-6-8-10-12-14-16-18-20-22-24-26-28-30-32-33-34-35-36-37-38-39-41-42-44-46-48-50-52-54-56-58-60-62-64-71(76)81-68-70(69-82-74(73(78)79)80-67-66-75(3,4)5)83-72(77)65-63-61-59-57-55-53-51-49-47-45-43-40-31-29-27-25-23-21-19-17-15-13-11-9-7-2/h9,11,15,17,21,23,27,29,40,43,47,49,53,55,70,74H,6-8,10,12-14,16,18-20,22,24-26,28,30-39,41-42,44-46,48,50-52,54,56-69H2,1-5H3/p+1/b11-9-,17-15-,23-21-,29-27-,43-40-,49-47-,55-53-. The van der Waals surface area contributed by atoms with E-state index < -0.39 is 24.3 Å². The summed E-state index contributed by atoms with van der Waals surface area (Å²) in [5.74, 6) is -2.04. The van der Waals surface area contributed by atoms with Gasteiger partial charge in [-0.05, 0) is 70.6 Å². The van der Waals surface area contributed by atoms with E-state index in [1.54, 1.807) is 0 Å². The Bertz CT molecular complexity index is 1640. The zero-order valence-electron chi connectivity index (χ0n) is 54.8. The molecule has 0 heterocycles. The molecule has 480 valence electrons. The van der Waals surface area contributed by atoms with Gasteiger partial charge in [0.25, 0.3) is 6.29 Å². The lowest BCUT2D eigenvalue weighted by molar-refractivity contribution is -0.870. The van der Waals surface area contributed by atoms with Gasteiger partial charge >= 0.3 is 17.9 Å². The molecule has 9 heteroatoms. The fraction of sp³-hybridized carbons (Fsp3) is 0.770. The lowest BCUT2D eigenvalue weighted by atomic mass is 10.0. The summed E-state index contributed by atoms with van der Waals surface area (Å²) in [4.78, 5) is 37.6. The third kappa shape index (κ3) is 65.9. The molecule has 9 nitrogen and oxygen atoms in total. The third-order valence-electron chi connectivity index (χ3n) is 15.2. The molecule has 1 N–H and O–H groups in total. The van der Waals surface area contributed by atoms with Gasteiger partial charge in [-0.3, -0.25) is 9.59 Å². The predicted molar refractivity (Wildman–Crippen MR) is 355 cm³/mol. The quantitative estimate of drug-likeness (QED) is 0.0211. The first-order valence-electron chi connectivity index (χ1n) is 34.8. The van der Waals surface area contributed by atoms with E-state index >= 15 is 0 Å². The van der Waals surface area contributed by atoms with Crippen molar-refractivity contribution in [3.63, 3.8) is 0 Å². The Balaban J connectivity index is 4.13. The smallest absolute Gasteiger partial charge is 0.361 e. The van der Waals surface area contributed by atoms with E-state index in [-0.39, 0.29) is 32.2 Å². The monoisotopic (exact) mass is 1160 g/mol. The Hall–Kier alpha value is -3.53. The number of carbonyl (C=O) groups excluding carboxylic acids is 2. The Morgan fingerprint density at radius 3 is 1.02 bits per heavy atom. The number of allylic oxidation sites excluding steroid dienone is 14. The number of likely N-dealkylation sites (N-methyl/N-ethyl adjacent to an activating group) is 1. The molecular formula is C74H132NO8+. The number of aliphatic carboxylic acids is 1. The number of rotatable bonds is 64. The first-order chi connectivity index (χ1) is 40.6. The van der Waals surface area contributed by atoms with Crippen LogP contribution in [0.3, 0.4) is 0 Å². The minimum atomic E-state index is -1.52. The summed E-state index contributed by atoms with van der Waals surface area (Å²) in [6.45, 7) is 4.76. The van der Waals surface area contributed by atoms with Crippen LogP contribution in [0.2, 0.25) is 0 Å². The normalized spacial score (nSPS) is 13.2. The number of nitrogens with zero attached hydrogens (tertiary/aromatic N) is 1. The molecule has 0 fully saturated rings. The number of carboxylic acids is 1. The van der Waals surface area contributed by atoms with Gasteiger partial charge in [0.1, 0.15) is 13.2 Å². The number of unbranched alkanes of at least 4 members (excludes halogenated alkanes) is 35. The van der Waals surface area contributed by atoms with Gasteiger partial charge in [-0.15, -0.1) is 0 Å². The highest BCUT2D eigenvalue weighted by Gasteiger charge is 2.25. The first kappa shape index (κ1) is 79.5. The SMILES string of the molecule is CC/C=C\C/C=C\C/C=C\C/C=C\C/C=C\C/C=C\C/C=C\CCCCCC(=O)OC(COC(=O)CCCCCCCCCCCCCCCCCCCCCCCCCCCCCCCCCCC)COC(OCC[N+](C)(C)C)C(=O)O. The van der Waals surface area contributed by atoms with Gasteiger partial charge in [0.15, 0.2) is 6.10 Å². The molecule has 0 rings (SSSR count). The third-order valence-corrected chi connectivity index (χ3v) is 15.2. The molecule has 0 aromatic carbocycles. The van der Waals surface area contributed by atoms with Gasteiger partial charge in [0.2, 0.25) is 0 Å². The zero-order chi connectivity index (χ0) is 60.5. The number of quaternary nitrogens is 1. The van der Waals surface area contributed by atoms with Crippen LogP contribution in [-0.2, 0) is 33.3 Å². The van der Waals surface area contributed by atoms with Gasteiger partial charge in [-0.2, -0.15) is 0 Å². The van der Waals surface area contributed by atoms with Crippen molar-refractivity contribution in [2.45, 2.75) is 322 Å². The Morgan fingerprint density at radius 1 is 0.373 bits per heavy atom. The second-order valence-corrected chi connectivity index (χ2v) is 24.5. The summed E-state index contributed by atoms with van der Waals surface area (Å²) in [6, 6.07) is 0. The molecule has 0 aliphatic heterocycles. The number of hydrogen-bond donors (Lipinski definition) is 1. The molecule has 0 radical (unpaired) electrons. The number of esters is 2. The van der Waals surface area contributed by atoms with Crippen LogP contribution in [0.25, 0.3) is 0 Å². The van der Waals surface area contributed by atoms with Crippen molar-refractivity contribution in [1.82, 2.24) is 0 Å². The molecule has 83 heavy (non-hydrogen) atoms. The van der Waals surface area contributed by atoms with Crippen molar-refractivity contribution < 1.29 is 42.9 Å². The molecule has 0 bridgehead atoms. The van der Waals surface area contributed by atoms with Gasteiger partial charge < -0.3 is 28.5 Å². The van der Waals surface area contributed by atoms with Crippen LogP contribution >= 0.6 is 0 Å². The van der Waals surface area contributed by atoms with Crippen molar-refractivity contribution in [2.24, 2.45) is 0 Å². The molecule has 0 saturated heterocycles. The maximum Gasteiger partial charge on any atom is 0.361 e. The van der Waals surface area contributed by atoms with Crippen molar-refractivity contribution in [3.05, 3.63) is 85.1 Å². The van der Waals surface area contributed by atoms with Gasteiger partial charge in [-0.1, -0.05) is 311 Å². The molecule has 0 aromatic heterocycles. The Kier molecular flexibility index (Phi) is 61.7. The van der Waals surface area contributed by atoms with Crippen LogP contribution in [0.5, 0.6) is 0 Å². The number of ether oxygens (including phenoxy) is 4. The summed E-state index contributed by atoms with van der Waals surface area (Å²) in [5.41, 5.74) is 0. The highest BCUT2D eigenvalue weighted by molar-refractivity contribution is 5.71. The first-order valence-corrected chi connectivity index (χ1v) is 34.8. The van der Waals surface area contributed by atoms with Gasteiger partial charge in [-0.25, -0.2) is 4.79 Å². The van der Waals surface area contributed by atoms with Crippen LogP contribution in [0, 0.1) is 0 Å². The topological polar surface area (TPSA) is 108 Å². The van der Waals surface area contributed by atoms with Crippen LogP contribution in [0.4, 0.5) is 0 Å². The van der Waals surface area contributed by atoms with E-state index in [0.29, 0.717) is 23.9 Å². The van der Waals surface area contributed by atoms with Crippen LogP contribution in [-0.4, -0.2) is 87.4 Å². The second kappa shape index (κ2) is 64.5. The van der Waals surface area contributed by atoms with E-state index in [1.165, 1.54) is 193 Å². The summed E-state index contributed by atoms with van der Waals surface area (Å²) in [7, 11) is 5.96. The maximum atomic E-state index is 12.9. The molecule has 2 unspecified atom stereocenters. The molecule has 0 aromatic rings. The van der Waals surface area contributed by atoms with Crippen LogP contribution in [0.15, 0.2) is 85.1 Å². The average Bonchev–Trinajstić information content (AvgIpc) is 3.46. The minimum Gasteiger partial charge on any atom is -0.477 e. The van der Waals surface area contributed by atoms with E-state index in [9.17, 15) is 19.5 Å². The maximum absolute atomic E-state index is 12.9. The average molecular weight is 1160 g/mol. The fourth-order valence-electron chi connectivity index (χ4n) is 9.88. The zero-order valence-corrected chi connectivity index (χ0v) is 54.8. The summed E-state index contributed by atoms with van der Waals surface area (Å²) < 4.78 is 22.9. The minimum absolute atomic E-state index is 0.178. The van der Waals surface area contributed by atoms with Gasteiger partial charge in [0.05, 0.1) is 34.4 Å². The highest BCUT2D eigenvalue weighted by Crippen LogP contribution is 2.18. The van der Waals surface area contributed by atoms with E-state index in [2.05, 4.69) is 98.9 Å². The van der Waals surface area contributed by atoms with E-state index in [4.69, 9.17) is 18.9 Å². The van der Waals surface area contributed by atoms with Gasteiger partial charge in [0, 0.05) is 12.8 Å². The van der Waals surface area contributed by atoms with Crippen molar-refractivity contribution in [2.75, 3.05) is 47.5 Å². The lowest BCUT2D eigenvalue weighted by Crippen LogP contribution is -2.40. The van der Waals surface area contributed by atoms with Crippen molar-refractivity contribution in [3.8, 4) is 0 Å². The summed E-state index contributed by atoms with van der Waals surface area (Å²) >= 11 is 0. The molecule has 0 spiro atoms. The number of carbonyl (C=O) groups is 3. The van der Waals surface area contributed by atoms with E-state index in [1.807, 2.05) is 21.1 Å². The molecule has 2 atom stereocenters. The summed E-state index contributed by atoms with van der Waals surface area (Å²) in [6.07, 6.45) is 84.3. The predicted octanol–water partition coefficient (Wildman–Crippen LogP) is 21.5. The number of carboxylic acid groups (broad SMARTS) is 1. The molecule has 0 aliphatic carbocycles. The molecular weight excluding hydrogens is 1030 g/mol.